The summed E-state index contributed by atoms with van der Waals surface area (Å²) in [5, 5.41) is 12.7. The average molecular weight is 243 g/mol. The minimum Gasteiger partial charge on any atom is -0.480 e. The number of nitrogens with one attached hydrogen (secondary N) is 1. The molecule has 1 aliphatic rings. The van der Waals surface area contributed by atoms with Crippen molar-refractivity contribution in [2.24, 2.45) is 0 Å². The highest BCUT2D eigenvalue weighted by molar-refractivity contribution is 5.78. The van der Waals surface area contributed by atoms with E-state index < -0.39 is 11.5 Å². The molecule has 0 amide bonds. The number of rotatable bonds is 7. The number of carboxylic acid groups (broad SMARTS) is 1. The molecule has 1 rings (SSSR count). The van der Waals surface area contributed by atoms with E-state index in [4.69, 9.17) is 4.74 Å². The second-order valence-electron chi connectivity index (χ2n) is 4.78. The van der Waals surface area contributed by atoms with Crippen LogP contribution >= 0.6 is 0 Å². The first kappa shape index (κ1) is 14.5. The van der Waals surface area contributed by atoms with Gasteiger partial charge in [0.1, 0.15) is 5.54 Å². The van der Waals surface area contributed by atoms with Crippen molar-refractivity contribution < 1.29 is 14.6 Å². The molecule has 0 heterocycles. The second-order valence-corrected chi connectivity index (χ2v) is 4.78. The van der Waals surface area contributed by atoms with Gasteiger partial charge in [0.25, 0.3) is 0 Å². The summed E-state index contributed by atoms with van der Waals surface area (Å²) >= 11 is 0. The zero-order chi connectivity index (χ0) is 12.6. The van der Waals surface area contributed by atoms with E-state index in [0.717, 1.165) is 58.1 Å². The number of carbonyl (C=O) groups is 1. The first-order valence-corrected chi connectivity index (χ1v) is 6.77. The first-order chi connectivity index (χ1) is 8.21. The second kappa shape index (κ2) is 7.67. The summed E-state index contributed by atoms with van der Waals surface area (Å²) in [4.78, 5) is 11.5. The molecule has 1 fully saturated rings. The predicted octanol–water partition coefficient (Wildman–Crippen LogP) is 2.18. The summed E-state index contributed by atoms with van der Waals surface area (Å²) < 4.78 is 5.25. The minimum absolute atomic E-state index is 0.678. The van der Waals surface area contributed by atoms with Crippen LogP contribution in [0.5, 0.6) is 0 Å². The molecule has 1 saturated carbocycles. The van der Waals surface area contributed by atoms with Crippen LogP contribution in [-0.2, 0) is 9.53 Å². The van der Waals surface area contributed by atoms with Crippen molar-refractivity contribution in [1.29, 1.82) is 0 Å². The molecular formula is C13H25NO3. The van der Waals surface area contributed by atoms with Gasteiger partial charge < -0.3 is 15.2 Å². The maximum atomic E-state index is 11.5. The van der Waals surface area contributed by atoms with Crippen LogP contribution in [-0.4, -0.2) is 36.4 Å². The van der Waals surface area contributed by atoms with E-state index in [2.05, 4.69) is 5.32 Å². The third-order valence-electron chi connectivity index (χ3n) is 3.50. The van der Waals surface area contributed by atoms with Gasteiger partial charge in [-0.3, -0.25) is 4.79 Å². The van der Waals surface area contributed by atoms with Crippen molar-refractivity contribution in [2.75, 3.05) is 19.8 Å². The van der Waals surface area contributed by atoms with Gasteiger partial charge in [-0.05, 0) is 32.7 Å². The zero-order valence-corrected chi connectivity index (χ0v) is 10.8. The molecular weight excluding hydrogens is 218 g/mol. The van der Waals surface area contributed by atoms with E-state index >= 15 is 0 Å². The van der Waals surface area contributed by atoms with Crippen LogP contribution in [0, 0.1) is 0 Å². The molecule has 0 aliphatic heterocycles. The van der Waals surface area contributed by atoms with Crippen LogP contribution in [0.25, 0.3) is 0 Å². The molecule has 0 aromatic carbocycles. The van der Waals surface area contributed by atoms with Crippen molar-refractivity contribution in [3.63, 3.8) is 0 Å². The van der Waals surface area contributed by atoms with Crippen LogP contribution in [0.2, 0.25) is 0 Å². The molecule has 17 heavy (non-hydrogen) atoms. The fourth-order valence-corrected chi connectivity index (χ4v) is 2.44. The van der Waals surface area contributed by atoms with Crippen LogP contribution in [0.3, 0.4) is 0 Å². The van der Waals surface area contributed by atoms with E-state index in [1.165, 1.54) is 0 Å². The molecule has 4 nitrogen and oxygen atoms in total. The molecule has 4 heteroatoms. The Morgan fingerprint density at radius 2 is 1.94 bits per heavy atom. The highest BCUT2D eigenvalue weighted by Gasteiger charge is 2.37. The number of hydrogen-bond donors (Lipinski definition) is 2. The molecule has 0 aromatic rings. The highest BCUT2D eigenvalue weighted by atomic mass is 16.5. The smallest absolute Gasteiger partial charge is 0.323 e. The first-order valence-electron chi connectivity index (χ1n) is 6.77. The summed E-state index contributed by atoms with van der Waals surface area (Å²) in [5.74, 6) is -0.684. The molecule has 0 radical (unpaired) electrons. The van der Waals surface area contributed by atoms with Gasteiger partial charge in [-0.2, -0.15) is 0 Å². The van der Waals surface area contributed by atoms with Gasteiger partial charge in [0, 0.05) is 13.2 Å². The third-order valence-corrected chi connectivity index (χ3v) is 3.50. The molecule has 0 unspecified atom stereocenters. The average Bonchev–Trinajstić information content (AvgIpc) is 2.55. The fraction of sp³-hybridized carbons (Fsp3) is 0.923. The lowest BCUT2D eigenvalue weighted by atomic mass is 9.90. The van der Waals surface area contributed by atoms with Crippen molar-refractivity contribution >= 4 is 5.97 Å². The largest absolute Gasteiger partial charge is 0.480 e. The van der Waals surface area contributed by atoms with Gasteiger partial charge in [0.05, 0.1) is 0 Å². The Kier molecular flexibility index (Phi) is 6.52. The van der Waals surface area contributed by atoms with Gasteiger partial charge >= 0.3 is 5.97 Å². The minimum atomic E-state index is -0.684. The van der Waals surface area contributed by atoms with Crippen LogP contribution in [0.1, 0.15) is 51.9 Å². The number of aliphatic carboxylic acids is 1. The van der Waals surface area contributed by atoms with E-state index in [9.17, 15) is 9.90 Å². The lowest BCUT2D eigenvalue weighted by Gasteiger charge is -2.29. The summed E-state index contributed by atoms with van der Waals surface area (Å²) in [5.41, 5.74) is -0.678. The van der Waals surface area contributed by atoms with E-state index in [1.807, 2.05) is 6.92 Å². The van der Waals surface area contributed by atoms with Crippen molar-refractivity contribution in [2.45, 2.75) is 57.4 Å². The van der Waals surface area contributed by atoms with E-state index in [1.54, 1.807) is 0 Å². The standard InChI is InChI=1S/C13H25NO3/c1-2-17-11-7-10-14-13(12(15)16)8-5-3-4-6-9-13/h14H,2-11H2,1H3,(H,15,16). The maximum Gasteiger partial charge on any atom is 0.323 e. The van der Waals surface area contributed by atoms with E-state index in [0.29, 0.717) is 6.61 Å². The molecule has 0 saturated heterocycles. The summed E-state index contributed by atoms with van der Waals surface area (Å²) in [7, 11) is 0. The molecule has 0 spiro atoms. The third kappa shape index (κ3) is 4.64. The summed E-state index contributed by atoms with van der Waals surface area (Å²) in [6, 6.07) is 0. The SMILES string of the molecule is CCOCCCNC1(C(=O)O)CCCCCC1. The van der Waals surface area contributed by atoms with Gasteiger partial charge in [-0.25, -0.2) is 0 Å². The van der Waals surface area contributed by atoms with Gasteiger partial charge in [0.2, 0.25) is 0 Å². The number of ether oxygens (including phenoxy) is 1. The monoisotopic (exact) mass is 243 g/mol. The molecule has 2 N–H and O–H groups in total. The predicted molar refractivity (Wildman–Crippen MR) is 67.2 cm³/mol. The normalized spacial score (nSPS) is 19.8. The zero-order valence-electron chi connectivity index (χ0n) is 10.8. The van der Waals surface area contributed by atoms with Crippen molar-refractivity contribution in [3.05, 3.63) is 0 Å². The summed E-state index contributed by atoms with van der Waals surface area (Å²) in [6.07, 6.45) is 6.76. The Balaban J connectivity index is 2.38. The van der Waals surface area contributed by atoms with Crippen molar-refractivity contribution in [1.82, 2.24) is 5.32 Å². The van der Waals surface area contributed by atoms with Crippen molar-refractivity contribution in [3.8, 4) is 0 Å². The summed E-state index contributed by atoms with van der Waals surface area (Å²) in [6.45, 7) is 4.13. The van der Waals surface area contributed by atoms with E-state index in [-0.39, 0.29) is 0 Å². The Hall–Kier alpha value is -0.610. The van der Waals surface area contributed by atoms with Crippen LogP contribution in [0.4, 0.5) is 0 Å². The van der Waals surface area contributed by atoms with Gasteiger partial charge in [-0.1, -0.05) is 25.7 Å². The molecule has 0 bridgehead atoms. The highest BCUT2D eigenvalue weighted by Crippen LogP contribution is 2.27. The molecule has 0 aromatic heterocycles. The molecule has 100 valence electrons. The topological polar surface area (TPSA) is 58.6 Å². The molecule has 0 atom stereocenters. The van der Waals surface area contributed by atoms with Gasteiger partial charge in [0.15, 0.2) is 0 Å². The lowest BCUT2D eigenvalue weighted by Crippen LogP contribution is -2.52. The quantitative estimate of drug-likeness (QED) is 0.531. The molecule has 1 aliphatic carbocycles. The van der Waals surface area contributed by atoms with Crippen LogP contribution < -0.4 is 5.32 Å². The number of carboxylic acids is 1. The maximum absolute atomic E-state index is 11.5. The lowest BCUT2D eigenvalue weighted by molar-refractivity contribution is -0.145. The van der Waals surface area contributed by atoms with Gasteiger partial charge in [-0.15, -0.1) is 0 Å². The number of hydrogen-bond acceptors (Lipinski definition) is 3. The Bertz CT molecular complexity index is 223. The fourth-order valence-electron chi connectivity index (χ4n) is 2.44. The Morgan fingerprint density at radius 1 is 1.29 bits per heavy atom. The Morgan fingerprint density at radius 3 is 2.47 bits per heavy atom. The van der Waals surface area contributed by atoms with Crippen LogP contribution in [0.15, 0.2) is 0 Å². The Labute approximate surface area is 104 Å².